The van der Waals surface area contributed by atoms with Crippen molar-refractivity contribution < 1.29 is 0 Å². The summed E-state index contributed by atoms with van der Waals surface area (Å²) in [5, 5.41) is 3.41. The second kappa shape index (κ2) is 3.66. The van der Waals surface area contributed by atoms with Gasteiger partial charge in [0.25, 0.3) is 0 Å². The molecule has 1 atom stereocenters. The van der Waals surface area contributed by atoms with Crippen molar-refractivity contribution in [2.24, 2.45) is 4.99 Å². The molecule has 78 valence electrons. The van der Waals surface area contributed by atoms with E-state index in [0.717, 1.165) is 26.2 Å². The Balaban J connectivity index is 1.88. The van der Waals surface area contributed by atoms with Gasteiger partial charge in [0.1, 0.15) is 5.84 Å². The molecule has 0 amide bonds. The van der Waals surface area contributed by atoms with E-state index in [0.29, 0.717) is 6.04 Å². The van der Waals surface area contributed by atoms with E-state index < -0.39 is 0 Å². The summed E-state index contributed by atoms with van der Waals surface area (Å²) in [5.74, 6) is 1.18. The van der Waals surface area contributed by atoms with Crippen molar-refractivity contribution in [1.82, 2.24) is 10.2 Å². The van der Waals surface area contributed by atoms with Gasteiger partial charge in [-0.2, -0.15) is 0 Å². The highest BCUT2D eigenvalue weighted by atomic mass is 15.3. The Hall–Kier alpha value is -1.35. The van der Waals surface area contributed by atoms with Gasteiger partial charge < -0.3 is 10.2 Å². The van der Waals surface area contributed by atoms with Crippen molar-refractivity contribution in [1.29, 1.82) is 0 Å². The molecule has 0 aromatic heterocycles. The molecule has 3 rings (SSSR count). The number of nitrogens with zero attached hydrogens (tertiary/aromatic N) is 2. The topological polar surface area (TPSA) is 27.6 Å². The fourth-order valence-corrected chi connectivity index (χ4v) is 2.33. The van der Waals surface area contributed by atoms with Crippen LogP contribution in [-0.4, -0.2) is 43.0 Å². The third kappa shape index (κ3) is 1.53. The Bertz CT molecular complexity index is 372. The van der Waals surface area contributed by atoms with Crippen LogP contribution in [0.15, 0.2) is 35.3 Å². The van der Waals surface area contributed by atoms with Crippen LogP contribution in [-0.2, 0) is 0 Å². The Morgan fingerprint density at radius 3 is 3.00 bits per heavy atom. The molecule has 0 radical (unpaired) electrons. The number of amidine groups is 1. The number of hydrogen-bond acceptors (Lipinski definition) is 3. The summed E-state index contributed by atoms with van der Waals surface area (Å²) in [6, 6.07) is 11.1. The fourth-order valence-electron chi connectivity index (χ4n) is 2.33. The maximum Gasteiger partial charge on any atom is 0.131 e. The van der Waals surface area contributed by atoms with Gasteiger partial charge >= 0.3 is 0 Å². The summed E-state index contributed by atoms with van der Waals surface area (Å²) >= 11 is 0. The minimum Gasteiger partial charge on any atom is -0.349 e. The summed E-state index contributed by atoms with van der Waals surface area (Å²) in [6.07, 6.45) is 0. The van der Waals surface area contributed by atoms with Crippen LogP contribution in [0.1, 0.15) is 5.56 Å². The van der Waals surface area contributed by atoms with Crippen molar-refractivity contribution in [3.05, 3.63) is 35.9 Å². The Labute approximate surface area is 89.8 Å². The summed E-state index contributed by atoms with van der Waals surface area (Å²) in [7, 11) is 0. The second-order valence-electron chi connectivity index (χ2n) is 4.08. The number of rotatable bonds is 1. The van der Waals surface area contributed by atoms with Gasteiger partial charge in [-0.15, -0.1) is 0 Å². The van der Waals surface area contributed by atoms with E-state index in [-0.39, 0.29) is 0 Å². The first kappa shape index (κ1) is 8.92. The van der Waals surface area contributed by atoms with Gasteiger partial charge in [0.2, 0.25) is 0 Å². The number of benzene rings is 1. The third-order valence-corrected chi connectivity index (χ3v) is 3.11. The molecule has 3 heteroatoms. The lowest BCUT2D eigenvalue weighted by Gasteiger charge is -2.32. The summed E-state index contributed by atoms with van der Waals surface area (Å²) in [6.45, 7) is 4.16. The number of fused-ring (bicyclic) bond motifs is 1. The fraction of sp³-hybridized carbons (Fsp3) is 0.417. The molecule has 0 bridgehead atoms. The molecular weight excluding hydrogens is 186 g/mol. The largest absolute Gasteiger partial charge is 0.349 e. The van der Waals surface area contributed by atoms with Crippen LogP contribution in [0.4, 0.5) is 0 Å². The lowest BCUT2D eigenvalue weighted by Crippen LogP contribution is -2.51. The van der Waals surface area contributed by atoms with Crippen LogP contribution in [0, 0.1) is 0 Å². The Morgan fingerprint density at radius 2 is 2.13 bits per heavy atom. The smallest absolute Gasteiger partial charge is 0.131 e. The third-order valence-electron chi connectivity index (χ3n) is 3.11. The van der Waals surface area contributed by atoms with Crippen LogP contribution in [0.5, 0.6) is 0 Å². The minimum atomic E-state index is 0.578. The molecule has 15 heavy (non-hydrogen) atoms. The van der Waals surface area contributed by atoms with Crippen LogP contribution in [0.25, 0.3) is 0 Å². The quantitative estimate of drug-likeness (QED) is 0.725. The monoisotopic (exact) mass is 201 g/mol. The van der Waals surface area contributed by atoms with E-state index in [4.69, 9.17) is 0 Å². The molecular formula is C12H15N3. The molecule has 0 saturated carbocycles. The van der Waals surface area contributed by atoms with Gasteiger partial charge in [-0.25, -0.2) is 0 Å². The molecule has 3 nitrogen and oxygen atoms in total. The average Bonchev–Trinajstić information content (AvgIpc) is 2.74. The molecule has 2 aliphatic heterocycles. The molecule has 1 aromatic rings. The van der Waals surface area contributed by atoms with E-state index in [1.165, 1.54) is 11.4 Å². The van der Waals surface area contributed by atoms with Gasteiger partial charge in [-0.05, 0) is 0 Å². The predicted molar refractivity (Wildman–Crippen MR) is 61.2 cm³/mol. The summed E-state index contributed by atoms with van der Waals surface area (Å²) < 4.78 is 0. The van der Waals surface area contributed by atoms with Gasteiger partial charge in [-0.3, -0.25) is 4.99 Å². The highest BCUT2D eigenvalue weighted by molar-refractivity contribution is 6.00. The molecule has 1 saturated heterocycles. The van der Waals surface area contributed by atoms with E-state index >= 15 is 0 Å². The van der Waals surface area contributed by atoms with Crippen LogP contribution >= 0.6 is 0 Å². The lowest BCUT2D eigenvalue weighted by atomic mass is 10.1. The van der Waals surface area contributed by atoms with Crippen LogP contribution < -0.4 is 5.32 Å². The second-order valence-corrected chi connectivity index (χ2v) is 4.08. The zero-order valence-corrected chi connectivity index (χ0v) is 8.69. The lowest BCUT2D eigenvalue weighted by molar-refractivity contribution is 0.285. The van der Waals surface area contributed by atoms with Gasteiger partial charge in [0.05, 0.1) is 12.6 Å². The van der Waals surface area contributed by atoms with Crippen LogP contribution in [0.2, 0.25) is 0 Å². The normalized spacial score (nSPS) is 24.9. The highest BCUT2D eigenvalue weighted by Gasteiger charge is 2.29. The van der Waals surface area contributed by atoms with Crippen molar-refractivity contribution in [3.63, 3.8) is 0 Å². The van der Waals surface area contributed by atoms with E-state index in [1.807, 2.05) is 6.07 Å². The van der Waals surface area contributed by atoms with Crippen molar-refractivity contribution >= 4 is 5.84 Å². The van der Waals surface area contributed by atoms with Crippen molar-refractivity contribution in [3.8, 4) is 0 Å². The molecule has 1 fully saturated rings. The van der Waals surface area contributed by atoms with Crippen molar-refractivity contribution in [2.45, 2.75) is 6.04 Å². The molecule has 1 unspecified atom stereocenters. The zero-order valence-electron chi connectivity index (χ0n) is 8.69. The first-order valence-electron chi connectivity index (χ1n) is 5.52. The molecule has 1 N–H and O–H groups in total. The van der Waals surface area contributed by atoms with E-state index in [2.05, 4.69) is 39.5 Å². The summed E-state index contributed by atoms with van der Waals surface area (Å²) in [5.41, 5.74) is 1.25. The van der Waals surface area contributed by atoms with Gasteiger partial charge in [0.15, 0.2) is 0 Å². The van der Waals surface area contributed by atoms with Crippen molar-refractivity contribution in [2.75, 3.05) is 26.2 Å². The maximum absolute atomic E-state index is 4.65. The standard InChI is InChI=1S/C12H15N3/c1-2-4-10(5-3-1)12-14-9-11-8-13-6-7-15(11)12/h1-5,11,13H,6-9H2. The highest BCUT2D eigenvalue weighted by Crippen LogP contribution is 2.17. The van der Waals surface area contributed by atoms with E-state index in [1.54, 1.807) is 0 Å². The SMILES string of the molecule is c1ccc(C2=NCC3CNCCN23)cc1. The molecule has 2 heterocycles. The average molecular weight is 201 g/mol. The zero-order chi connectivity index (χ0) is 10.1. The first-order chi connectivity index (χ1) is 7.45. The molecule has 0 spiro atoms. The molecule has 1 aromatic carbocycles. The summed E-state index contributed by atoms with van der Waals surface area (Å²) in [4.78, 5) is 7.09. The first-order valence-corrected chi connectivity index (χ1v) is 5.52. The number of nitrogens with one attached hydrogen (secondary N) is 1. The molecule has 2 aliphatic rings. The predicted octanol–water partition coefficient (Wildman–Crippen LogP) is 0.721. The van der Waals surface area contributed by atoms with Gasteiger partial charge in [0, 0.05) is 25.2 Å². The number of piperazine rings is 1. The maximum atomic E-state index is 4.65. The number of aliphatic imine (C=N–C) groups is 1. The van der Waals surface area contributed by atoms with Crippen LogP contribution in [0.3, 0.4) is 0 Å². The molecule has 0 aliphatic carbocycles. The number of hydrogen-bond donors (Lipinski definition) is 1. The van der Waals surface area contributed by atoms with E-state index in [9.17, 15) is 0 Å². The van der Waals surface area contributed by atoms with Gasteiger partial charge in [-0.1, -0.05) is 30.3 Å². The minimum absolute atomic E-state index is 0.578. The Morgan fingerprint density at radius 1 is 1.27 bits per heavy atom. The Kier molecular flexibility index (Phi) is 2.18.